The summed E-state index contributed by atoms with van der Waals surface area (Å²) in [5, 5.41) is 15.5. The van der Waals surface area contributed by atoms with Crippen LogP contribution in [0.2, 0.25) is 0 Å². The number of nitrogens with one attached hydrogen (secondary N) is 3. The molecule has 0 fully saturated rings. The molecule has 0 heterocycles. The molecule has 0 aromatic rings. The quantitative estimate of drug-likeness (QED) is 0.319. The molecule has 3 amide bonds. The third-order valence-corrected chi connectivity index (χ3v) is 1.68. The first-order valence-electron chi connectivity index (χ1n) is 5.23. The van der Waals surface area contributed by atoms with Crippen LogP contribution >= 0.6 is 0 Å². The van der Waals surface area contributed by atoms with E-state index in [2.05, 4.69) is 16.0 Å². The Labute approximate surface area is 104 Å². The van der Waals surface area contributed by atoms with Gasteiger partial charge in [0.1, 0.15) is 0 Å². The Morgan fingerprint density at radius 1 is 1.22 bits per heavy atom. The average molecular weight is 259 g/mol. The van der Waals surface area contributed by atoms with E-state index in [9.17, 15) is 14.4 Å². The standard InChI is InChI=1S/C10H17N3O5/c1-18-6-5-11-8(14)7-13-10(17)12-4-2-3-9(15)16/h2-3H,4-7H2,1H3,(H,11,14)(H,15,16)(H2,12,13,17)/b3-2+. The zero-order valence-corrected chi connectivity index (χ0v) is 10.1. The summed E-state index contributed by atoms with van der Waals surface area (Å²) in [6, 6.07) is -0.549. The number of rotatable bonds is 8. The topological polar surface area (TPSA) is 117 Å². The van der Waals surface area contributed by atoms with Crippen molar-refractivity contribution in [2.45, 2.75) is 0 Å². The first-order chi connectivity index (χ1) is 8.56. The van der Waals surface area contributed by atoms with E-state index in [-0.39, 0.29) is 19.0 Å². The third-order valence-electron chi connectivity index (χ3n) is 1.68. The average Bonchev–Trinajstić information content (AvgIpc) is 2.32. The van der Waals surface area contributed by atoms with Gasteiger partial charge in [0.05, 0.1) is 13.2 Å². The number of amides is 3. The van der Waals surface area contributed by atoms with Gasteiger partial charge in [0, 0.05) is 26.3 Å². The number of carboxylic acids is 1. The molecule has 0 aromatic carbocycles. The van der Waals surface area contributed by atoms with Crippen LogP contribution in [-0.2, 0) is 14.3 Å². The summed E-state index contributed by atoms with van der Waals surface area (Å²) in [6.45, 7) is 0.694. The second kappa shape index (κ2) is 10.1. The fraction of sp³-hybridized carbons (Fsp3) is 0.500. The van der Waals surface area contributed by atoms with Crippen LogP contribution in [0.3, 0.4) is 0 Å². The number of urea groups is 1. The summed E-state index contributed by atoms with van der Waals surface area (Å²) in [4.78, 5) is 32.4. The molecule has 18 heavy (non-hydrogen) atoms. The van der Waals surface area contributed by atoms with Crippen molar-refractivity contribution in [3.63, 3.8) is 0 Å². The Morgan fingerprint density at radius 2 is 1.94 bits per heavy atom. The van der Waals surface area contributed by atoms with Crippen molar-refractivity contribution in [1.29, 1.82) is 0 Å². The van der Waals surface area contributed by atoms with Crippen LogP contribution in [0.1, 0.15) is 0 Å². The number of carbonyl (C=O) groups excluding carboxylic acids is 2. The van der Waals surface area contributed by atoms with Gasteiger partial charge >= 0.3 is 12.0 Å². The SMILES string of the molecule is COCCNC(=O)CNC(=O)NC/C=C/C(=O)O. The number of methoxy groups -OCH3 is 1. The van der Waals surface area contributed by atoms with Crippen LogP contribution in [0.5, 0.6) is 0 Å². The largest absolute Gasteiger partial charge is 0.478 e. The molecule has 0 bridgehead atoms. The van der Waals surface area contributed by atoms with E-state index in [1.807, 2.05) is 0 Å². The normalized spacial score (nSPS) is 10.1. The van der Waals surface area contributed by atoms with Gasteiger partial charge in [-0.05, 0) is 0 Å². The first-order valence-corrected chi connectivity index (χ1v) is 5.23. The molecule has 8 heteroatoms. The van der Waals surface area contributed by atoms with Crippen LogP contribution in [0.15, 0.2) is 12.2 Å². The van der Waals surface area contributed by atoms with Crippen LogP contribution in [0, 0.1) is 0 Å². The monoisotopic (exact) mass is 259 g/mol. The number of carboxylic acid groups (broad SMARTS) is 1. The van der Waals surface area contributed by atoms with Crippen molar-refractivity contribution in [3.05, 3.63) is 12.2 Å². The van der Waals surface area contributed by atoms with E-state index in [1.165, 1.54) is 13.2 Å². The van der Waals surface area contributed by atoms with Crippen molar-refractivity contribution in [2.75, 3.05) is 33.4 Å². The zero-order valence-electron chi connectivity index (χ0n) is 10.1. The van der Waals surface area contributed by atoms with E-state index in [1.54, 1.807) is 0 Å². The lowest BCUT2D eigenvalue weighted by Gasteiger charge is -2.06. The smallest absolute Gasteiger partial charge is 0.328 e. The van der Waals surface area contributed by atoms with Gasteiger partial charge in [0.2, 0.25) is 5.91 Å². The van der Waals surface area contributed by atoms with Crippen molar-refractivity contribution in [2.24, 2.45) is 0 Å². The highest BCUT2D eigenvalue weighted by molar-refractivity contribution is 5.84. The minimum atomic E-state index is -1.09. The Bertz CT molecular complexity index is 317. The predicted molar refractivity (Wildman–Crippen MR) is 63.1 cm³/mol. The van der Waals surface area contributed by atoms with Crippen molar-refractivity contribution >= 4 is 17.9 Å². The lowest BCUT2D eigenvalue weighted by Crippen LogP contribution is -2.42. The number of ether oxygens (including phenoxy) is 1. The van der Waals surface area contributed by atoms with Gasteiger partial charge in [0.15, 0.2) is 0 Å². The Kier molecular flexibility index (Phi) is 8.92. The molecule has 0 rings (SSSR count). The maximum Gasteiger partial charge on any atom is 0.328 e. The molecule has 0 aliphatic heterocycles. The lowest BCUT2D eigenvalue weighted by molar-refractivity contribution is -0.131. The van der Waals surface area contributed by atoms with Gasteiger partial charge < -0.3 is 25.8 Å². The van der Waals surface area contributed by atoms with E-state index in [0.29, 0.717) is 13.2 Å². The summed E-state index contributed by atoms with van der Waals surface area (Å²) in [5.41, 5.74) is 0. The van der Waals surface area contributed by atoms with E-state index >= 15 is 0 Å². The summed E-state index contributed by atoms with van der Waals surface area (Å²) in [6.07, 6.45) is 2.19. The van der Waals surface area contributed by atoms with Gasteiger partial charge in [0.25, 0.3) is 0 Å². The molecule has 0 saturated heterocycles. The van der Waals surface area contributed by atoms with Gasteiger partial charge in [-0.15, -0.1) is 0 Å². The maximum atomic E-state index is 11.1. The van der Waals surface area contributed by atoms with E-state index in [0.717, 1.165) is 6.08 Å². The number of aliphatic carboxylic acids is 1. The molecular weight excluding hydrogens is 242 g/mol. The Balaban J connectivity index is 3.57. The lowest BCUT2D eigenvalue weighted by atomic mass is 10.5. The van der Waals surface area contributed by atoms with Gasteiger partial charge in [-0.2, -0.15) is 0 Å². The van der Waals surface area contributed by atoms with Crippen molar-refractivity contribution < 1.29 is 24.2 Å². The van der Waals surface area contributed by atoms with E-state index in [4.69, 9.17) is 9.84 Å². The second-order valence-corrected chi connectivity index (χ2v) is 3.15. The third kappa shape index (κ3) is 10.4. The zero-order chi connectivity index (χ0) is 13.8. The molecule has 0 radical (unpaired) electrons. The second-order valence-electron chi connectivity index (χ2n) is 3.15. The number of hydrogen-bond donors (Lipinski definition) is 4. The molecule has 0 spiro atoms. The molecular formula is C10H17N3O5. The fourth-order valence-corrected chi connectivity index (χ4v) is 0.889. The minimum absolute atomic E-state index is 0.0728. The highest BCUT2D eigenvalue weighted by Gasteiger charge is 2.03. The minimum Gasteiger partial charge on any atom is -0.478 e. The predicted octanol–water partition coefficient (Wildman–Crippen LogP) is -1.31. The van der Waals surface area contributed by atoms with Crippen molar-refractivity contribution in [3.8, 4) is 0 Å². The molecule has 102 valence electrons. The van der Waals surface area contributed by atoms with Crippen LogP contribution < -0.4 is 16.0 Å². The Hall–Kier alpha value is -2.09. The molecule has 8 nitrogen and oxygen atoms in total. The fourth-order valence-electron chi connectivity index (χ4n) is 0.889. The highest BCUT2D eigenvalue weighted by atomic mass is 16.5. The number of carbonyl (C=O) groups is 3. The molecule has 4 N–H and O–H groups in total. The summed E-state index contributed by atoms with van der Waals surface area (Å²) in [7, 11) is 1.52. The first kappa shape index (κ1) is 15.9. The summed E-state index contributed by atoms with van der Waals surface area (Å²) >= 11 is 0. The van der Waals surface area contributed by atoms with Crippen LogP contribution in [0.4, 0.5) is 4.79 Å². The molecule has 0 saturated carbocycles. The summed E-state index contributed by atoms with van der Waals surface area (Å²) < 4.78 is 4.73. The molecule has 0 atom stereocenters. The highest BCUT2D eigenvalue weighted by Crippen LogP contribution is 1.73. The van der Waals surface area contributed by atoms with Crippen molar-refractivity contribution in [1.82, 2.24) is 16.0 Å². The van der Waals surface area contributed by atoms with E-state index < -0.39 is 12.0 Å². The van der Waals surface area contributed by atoms with Gasteiger partial charge in [-0.1, -0.05) is 6.08 Å². The van der Waals surface area contributed by atoms with Gasteiger partial charge in [-0.3, -0.25) is 4.79 Å². The molecule has 0 aliphatic carbocycles. The van der Waals surface area contributed by atoms with Crippen LogP contribution in [0.25, 0.3) is 0 Å². The van der Waals surface area contributed by atoms with Gasteiger partial charge in [-0.25, -0.2) is 9.59 Å². The molecule has 0 aliphatic rings. The molecule has 0 unspecified atom stereocenters. The van der Waals surface area contributed by atoms with Crippen LogP contribution in [-0.4, -0.2) is 56.4 Å². The molecule has 0 aromatic heterocycles. The summed E-state index contributed by atoms with van der Waals surface area (Å²) in [5.74, 6) is -1.42. The maximum absolute atomic E-state index is 11.1. The Morgan fingerprint density at radius 3 is 2.56 bits per heavy atom. The number of hydrogen-bond acceptors (Lipinski definition) is 4.